The summed E-state index contributed by atoms with van der Waals surface area (Å²) in [5, 5.41) is 42.5. The van der Waals surface area contributed by atoms with E-state index >= 15 is 0 Å². The van der Waals surface area contributed by atoms with Crippen molar-refractivity contribution in [2.45, 2.75) is 141 Å². The molecule has 6 heteroatoms. The van der Waals surface area contributed by atoms with E-state index < -0.39 is 24.4 Å². The lowest BCUT2D eigenvalue weighted by Gasteiger charge is -2.19. The summed E-state index contributed by atoms with van der Waals surface area (Å²) in [6.45, 7) is 3.98. The number of carbonyl (C=O) groups is 1. The highest BCUT2D eigenvalue weighted by molar-refractivity contribution is 5.76. The van der Waals surface area contributed by atoms with Crippen molar-refractivity contribution in [1.29, 1.82) is 0 Å². The third-order valence-electron chi connectivity index (χ3n) is 7.06. The van der Waals surface area contributed by atoms with E-state index in [-0.39, 0.29) is 18.9 Å². The van der Waals surface area contributed by atoms with Crippen LogP contribution < -0.4 is 5.32 Å². The van der Waals surface area contributed by atoms with Gasteiger partial charge in [0.1, 0.15) is 0 Å². The number of aliphatic hydroxyl groups excluding tert-OH is 4. The molecule has 0 saturated carbocycles. The minimum atomic E-state index is -0.914. The molecule has 0 saturated heterocycles. The predicted octanol–water partition coefficient (Wildman–Crippen LogP) is 7.72. The second-order valence-corrected chi connectivity index (χ2v) is 11.2. The van der Waals surface area contributed by atoms with Crippen LogP contribution in [0.5, 0.6) is 0 Å². The largest absolute Gasteiger partial charge is 0.394 e. The van der Waals surface area contributed by atoms with E-state index in [1.165, 1.54) is 51.4 Å². The van der Waals surface area contributed by atoms with Crippen molar-refractivity contribution < 1.29 is 25.2 Å². The van der Waals surface area contributed by atoms with Gasteiger partial charge < -0.3 is 25.7 Å². The van der Waals surface area contributed by atoms with Gasteiger partial charge in [-0.15, -0.1) is 0 Å². The lowest BCUT2D eigenvalue weighted by atomic mass is 10.1. The maximum absolute atomic E-state index is 12.3. The fourth-order valence-corrected chi connectivity index (χ4v) is 4.38. The molecular formula is C38H63NO5. The van der Waals surface area contributed by atoms with Crippen molar-refractivity contribution in [3.63, 3.8) is 0 Å². The van der Waals surface area contributed by atoms with E-state index in [1.807, 2.05) is 54.7 Å². The molecule has 0 aliphatic carbocycles. The van der Waals surface area contributed by atoms with Gasteiger partial charge in [0.25, 0.3) is 0 Å². The third kappa shape index (κ3) is 28.3. The Kier molecular flexibility index (Phi) is 30.1. The standard InChI is InChI=1S/C38H63NO5/c1-3-5-7-8-9-10-11-12-16-19-25-31-37(43)36(33-40)39-38(44)32-26-20-24-30-35(42)29-23-18-15-13-14-17-22-28-34(41)27-21-6-4-2/h6,14-15,17-18,21-25,28-31,34-37,40-43H,3-5,7-13,16,19-20,26-27,32-33H2,1-2H3,(H,39,44)/b17-14-,18-15-,21-6-,28-22+,29-23+,30-24-,31-25+/t34-,35-,36-,37+/m0/s1. The van der Waals surface area contributed by atoms with Crippen molar-refractivity contribution in [3.05, 3.63) is 85.1 Å². The molecule has 1 amide bonds. The molecule has 5 N–H and O–H groups in total. The van der Waals surface area contributed by atoms with Gasteiger partial charge in [0, 0.05) is 6.42 Å². The number of amides is 1. The number of unbranched alkanes of at least 4 members (excludes halogenated alkanes) is 10. The molecule has 0 aliphatic rings. The topological polar surface area (TPSA) is 110 Å². The zero-order valence-electron chi connectivity index (χ0n) is 27.6. The number of carbonyl (C=O) groups excluding carboxylic acids is 1. The minimum absolute atomic E-state index is 0.209. The zero-order valence-corrected chi connectivity index (χ0v) is 27.6. The molecule has 4 atom stereocenters. The monoisotopic (exact) mass is 613 g/mol. The van der Waals surface area contributed by atoms with Crippen molar-refractivity contribution in [1.82, 2.24) is 5.32 Å². The van der Waals surface area contributed by atoms with Crippen LogP contribution in [0.15, 0.2) is 85.1 Å². The van der Waals surface area contributed by atoms with Crippen LogP contribution in [0.1, 0.15) is 117 Å². The van der Waals surface area contributed by atoms with Gasteiger partial charge >= 0.3 is 0 Å². The highest BCUT2D eigenvalue weighted by Crippen LogP contribution is 2.11. The van der Waals surface area contributed by atoms with Gasteiger partial charge in [-0.3, -0.25) is 4.79 Å². The Morgan fingerprint density at radius 2 is 1.27 bits per heavy atom. The Labute approximate surface area is 268 Å². The van der Waals surface area contributed by atoms with Crippen LogP contribution >= 0.6 is 0 Å². The van der Waals surface area contributed by atoms with E-state index in [4.69, 9.17) is 0 Å². The van der Waals surface area contributed by atoms with E-state index in [1.54, 1.807) is 30.4 Å². The molecule has 0 rings (SSSR count). The number of rotatable bonds is 28. The molecule has 0 bridgehead atoms. The van der Waals surface area contributed by atoms with Crippen LogP contribution in [0.3, 0.4) is 0 Å². The summed E-state index contributed by atoms with van der Waals surface area (Å²) in [7, 11) is 0. The highest BCUT2D eigenvalue weighted by atomic mass is 16.3. The number of hydrogen-bond acceptors (Lipinski definition) is 5. The van der Waals surface area contributed by atoms with Crippen LogP contribution in [-0.2, 0) is 4.79 Å². The van der Waals surface area contributed by atoms with Gasteiger partial charge in [-0.05, 0) is 44.9 Å². The van der Waals surface area contributed by atoms with E-state index in [0.717, 1.165) is 25.7 Å². The first kappa shape index (κ1) is 41.5. The molecule has 0 aromatic carbocycles. The lowest BCUT2D eigenvalue weighted by Crippen LogP contribution is -2.45. The zero-order chi connectivity index (χ0) is 32.5. The molecule has 0 aliphatic heterocycles. The molecule has 250 valence electrons. The fourth-order valence-electron chi connectivity index (χ4n) is 4.38. The third-order valence-corrected chi connectivity index (χ3v) is 7.06. The van der Waals surface area contributed by atoms with Crippen LogP contribution in [0.4, 0.5) is 0 Å². The molecule has 0 spiro atoms. The van der Waals surface area contributed by atoms with Gasteiger partial charge in [0.2, 0.25) is 5.91 Å². The van der Waals surface area contributed by atoms with Gasteiger partial charge in [-0.1, -0.05) is 150 Å². The maximum Gasteiger partial charge on any atom is 0.220 e. The van der Waals surface area contributed by atoms with E-state index in [2.05, 4.69) is 19.2 Å². The number of allylic oxidation sites excluding steroid dienone is 9. The molecule has 0 unspecified atom stereocenters. The average molecular weight is 614 g/mol. The van der Waals surface area contributed by atoms with Gasteiger partial charge in [-0.2, -0.15) is 0 Å². The molecule has 0 radical (unpaired) electrons. The van der Waals surface area contributed by atoms with Gasteiger partial charge in [0.15, 0.2) is 0 Å². The van der Waals surface area contributed by atoms with Crippen LogP contribution in [0, 0.1) is 0 Å². The summed E-state index contributed by atoms with van der Waals surface area (Å²) in [6.07, 6.45) is 40.2. The van der Waals surface area contributed by atoms with Crippen LogP contribution in [-0.4, -0.2) is 57.3 Å². The number of hydrogen-bond donors (Lipinski definition) is 5. The van der Waals surface area contributed by atoms with Crippen molar-refractivity contribution in [3.8, 4) is 0 Å². The quantitative estimate of drug-likeness (QED) is 0.0353. The Hall–Kier alpha value is -2.51. The number of aliphatic hydroxyl groups is 4. The Morgan fingerprint density at radius 1 is 0.659 bits per heavy atom. The van der Waals surface area contributed by atoms with Crippen molar-refractivity contribution in [2.75, 3.05) is 6.61 Å². The van der Waals surface area contributed by atoms with Crippen molar-refractivity contribution >= 4 is 5.91 Å². The molecular weight excluding hydrogens is 550 g/mol. The Bertz CT molecular complexity index is 870. The van der Waals surface area contributed by atoms with Crippen LogP contribution in [0.25, 0.3) is 0 Å². The SMILES string of the molecule is CC/C=C\C[C@H](O)/C=C/C=C\C/C=C\C=C\[C@H](O)/C=C\CCCC(=O)N[C@@H](CO)[C@H](O)/C=C/CCCCCCCCCCC. The normalized spacial score (nSPS) is 15.7. The molecule has 6 nitrogen and oxygen atoms in total. The predicted molar refractivity (Wildman–Crippen MR) is 186 cm³/mol. The first-order valence-corrected chi connectivity index (χ1v) is 17.0. The van der Waals surface area contributed by atoms with E-state index in [0.29, 0.717) is 19.3 Å². The summed E-state index contributed by atoms with van der Waals surface area (Å²) >= 11 is 0. The first-order chi connectivity index (χ1) is 21.4. The fraction of sp³-hybridized carbons (Fsp3) is 0.605. The second kappa shape index (κ2) is 31.9. The summed E-state index contributed by atoms with van der Waals surface area (Å²) < 4.78 is 0. The number of nitrogens with one attached hydrogen (secondary N) is 1. The molecule has 0 aromatic rings. The Balaban J connectivity index is 4.04. The lowest BCUT2D eigenvalue weighted by molar-refractivity contribution is -0.122. The van der Waals surface area contributed by atoms with E-state index in [9.17, 15) is 25.2 Å². The van der Waals surface area contributed by atoms with Crippen LogP contribution in [0.2, 0.25) is 0 Å². The molecule has 0 aromatic heterocycles. The van der Waals surface area contributed by atoms with Gasteiger partial charge in [0.05, 0.1) is 31.0 Å². The van der Waals surface area contributed by atoms with Crippen molar-refractivity contribution in [2.24, 2.45) is 0 Å². The molecule has 0 fully saturated rings. The summed E-state index contributed by atoms with van der Waals surface area (Å²) in [5.41, 5.74) is 0. The molecule has 0 heterocycles. The highest BCUT2D eigenvalue weighted by Gasteiger charge is 2.17. The smallest absolute Gasteiger partial charge is 0.220 e. The second-order valence-electron chi connectivity index (χ2n) is 11.2. The summed E-state index contributed by atoms with van der Waals surface area (Å²) in [6, 6.07) is -0.713. The summed E-state index contributed by atoms with van der Waals surface area (Å²) in [5.74, 6) is -0.209. The maximum atomic E-state index is 12.3. The summed E-state index contributed by atoms with van der Waals surface area (Å²) in [4.78, 5) is 12.3. The molecule has 44 heavy (non-hydrogen) atoms. The average Bonchev–Trinajstić information content (AvgIpc) is 3.01. The van der Waals surface area contributed by atoms with Gasteiger partial charge in [-0.25, -0.2) is 0 Å². The minimum Gasteiger partial charge on any atom is -0.394 e. The Morgan fingerprint density at radius 3 is 1.93 bits per heavy atom. The first-order valence-electron chi connectivity index (χ1n) is 17.0.